The van der Waals surface area contributed by atoms with Crippen molar-refractivity contribution in [2.75, 3.05) is 6.54 Å². The van der Waals surface area contributed by atoms with Crippen LogP contribution in [-0.4, -0.2) is 40.5 Å². The number of rotatable bonds is 6. The number of aliphatic hydroxyl groups excluding tert-OH is 1. The molecule has 0 bridgehead atoms. The van der Waals surface area contributed by atoms with E-state index in [1.54, 1.807) is 4.90 Å². The lowest BCUT2D eigenvalue weighted by atomic mass is 9.73. The van der Waals surface area contributed by atoms with Crippen LogP contribution in [0.5, 0.6) is 0 Å². The predicted octanol–water partition coefficient (Wildman–Crippen LogP) is 4.81. The molecule has 33 heavy (non-hydrogen) atoms. The van der Waals surface area contributed by atoms with E-state index in [0.29, 0.717) is 0 Å². The molecule has 0 spiro atoms. The molecule has 0 aliphatic carbocycles. The van der Waals surface area contributed by atoms with Crippen LogP contribution in [0.15, 0.2) is 54.6 Å². The first kappa shape index (κ1) is 25.0. The normalized spacial score (nSPS) is 20.5. The second-order valence-corrected chi connectivity index (χ2v) is 10.7. The van der Waals surface area contributed by atoms with Gasteiger partial charge in [-0.15, -0.1) is 0 Å². The fourth-order valence-corrected chi connectivity index (χ4v) is 5.13. The number of amides is 2. The number of hydrogen-bond donors (Lipinski definition) is 2. The van der Waals surface area contributed by atoms with Gasteiger partial charge < -0.3 is 15.3 Å². The minimum absolute atomic E-state index is 0.0472. The Balaban J connectivity index is 1.72. The average molecular weight is 451 g/mol. The highest BCUT2D eigenvalue weighted by molar-refractivity contribution is 5.90. The molecule has 0 saturated carbocycles. The van der Waals surface area contributed by atoms with Gasteiger partial charge >= 0.3 is 0 Å². The lowest BCUT2D eigenvalue weighted by Gasteiger charge is -2.37. The van der Waals surface area contributed by atoms with Crippen molar-refractivity contribution >= 4 is 11.8 Å². The molecule has 1 heterocycles. The van der Waals surface area contributed by atoms with Crippen LogP contribution in [-0.2, 0) is 9.59 Å². The third-order valence-corrected chi connectivity index (χ3v) is 6.61. The summed E-state index contributed by atoms with van der Waals surface area (Å²) in [6, 6.07) is 17.5. The van der Waals surface area contributed by atoms with E-state index in [1.165, 1.54) is 0 Å². The van der Waals surface area contributed by atoms with Crippen molar-refractivity contribution in [2.45, 2.75) is 66.2 Å². The summed E-state index contributed by atoms with van der Waals surface area (Å²) < 4.78 is 0. The lowest BCUT2D eigenvalue weighted by Crippen LogP contribution is -2.51. The van der Waals surface area contributed by atoms with Crippen molar-refractivity contribution in [3.8, 4) is 11.1 Å². The lowest BCUT2D eigenvalue weighted by molar-refractivity contribution is -0.146. The zero-order chi connectivity index (χ0) is 24.3. The van der Waals surface area contributed by atoms with Gasteiger partial charge in [0.1, 0.15) is 6.04 Å². The van der Waals surface area contributed by atoms with E-state index in [0.717, 1.165) is 16.7 Å². The summed E-state index contributed by atoms with van der Waals surface area (Å²) >= 11 is 0. The van der Waals surface area contributed by atoms with Crippen LogP contribution in [0.25, 0.3) is 11.1 Å². The second-order valence-electron chi connectivity index (χ2n) is 10.7. The van der Waals surface area contributed by atoms with Crippen LogP contribution >= 0.6 is 0 Å². The molecule has 5 nitrogen and oxygen atoms in total. The van der Waals surface area contributed by atoms with Crippen LogP contribution < -0.4 is 5.32 Å². The van der Waals surface area contributed by atoms with Gasteiger partial charge in [0.25, 0.3) is 0 Å². The zero-order valence-electron chi connectivity index (χ0n) is 20.7. The smallest absolute Gasteiger partial charge is 0.243 e. The summed E-state index contributed by atoms with van der Waals surface area (Å²) in [5.41, 5.74) is 3.03. The number of carbonyl (C=O) groups excluding carboxylic acids is 2. The number of nitrogens with zero attached hydrogens (tertiary/aromatic N) is 1. The van der Waals surface area contributed by atoms with Gasteiger partial charge in [-0.1, -0.05) is 89.2 Å². The van der Waals surface area contributed by atoms with Crippen LogP contribution in [0.3, 0.4) is 0 Å². The van der Waals surface area contributed by atoms with E-state index in [-0.39, 0.29) is 48.1 Å². The Morgan fingerprint density at radius 3 is 2.09 bits per heavy atom. The molecule has 0 radical (unpaired) electrons. The standard InChI is InChI=1S/C28H38N2O3/c1-18(2)25(28(4,5)6)27(33)30-17-23(31)16-24(30)26(32)29-19(3)20-12-14-22(15-13-20)21-10-8-7-9-11-21/h7-15,18-19,23-25,31H,16-17H2,1-6H3,(H,29,32)/t19-,23+,24-,25-/m0/s1. The molecule has 1 fully saturated rings. The Hall–Kier alpha value is -2.66. The summed E-state index contributed by atoms with van der Waals surface area (Å²) in [5.74, 6) is -0.341. The SMILES string of the molecule is CC(C)[C@@H](C(=O)N1C[C@H](O)C[C@H]1C(=O)N[C@@H](C)c1ccc(-c2ccccc2)cc1)C(C)(C)C. The fourth-order valence-electron chi connectivity index (χ4n) is 5.13. The van der Waals surface area contributed by atoms with E-state index in [9.17, 15) is 14.7 Å². The van der Waals surface area contributed by atoms with Gasteiger partial charge in [0.2, 0.25) is 11.8 Å². The summed E-state index contributed by atoms with van der Waals surface area (Å²) in [5, 5.41) is 13.4. The Morgan fingerprint density at radius 1 is 0.970 bits per heavy atom. The molecule has 5 heteroatoms. The molecule has 1 aliphatic heterocycles. The molecule has 2 amide bonds. The topological polar surface area (TPSA) is 69.6 Å². The Kier molecular flexibility index (Phi) is 7.63. The maximum atomic E-state index is 13.5. The number of likely N-dealkylation sites (tertiary alicyclic amines) is 1. The van der Waals surface area contributed by atoms with Crippen LogP contribution in [0.1, 0.15) is 59.6 Å². The van der Waals surface area contributed by atoms with Crippen molar-refractivity contribution in [3.05, 3.63) is 60.2 Å². The van der Waals surface area contributed by atoms with Crippen LogP contribution in [0.4, 0.5) is 0 Å². The number of nitrogens with one attached hydrogen (secondary N) is 1. The zero-order valence-corrected chi connectivity index (χ0v) is 20.7. The Labute approximate surface area is 198 Å². The van der Waals surface area contributed by atoms with Gasteiger partial charge in [0, 0.05) is 18.9 Å². The highest BCUT2D eigenvalue weighted by Crippen LogP contribution is 2.35. The molecule has 178 valence electrons. The van der Waals surface area contributed by atoms with Crippen LogP contribution in [0, 0.1) is 17.3 Å². The third-order valence-electron chi connectivity index (χ3n) is 6.61. The number of aliphatic hydroxyl groups is 1. The van der Waals surface area contributed by atoms with Gasteiger partial charge in [0.05, 0.1) is 12.1 Å². The van der Waals surface area contributed by atoms with Crippen molar-refractivity contribution in [2.24, 2.45) is 17.3 Å². The maximum absolute atomic E-state index is 13.5. The number of carbonyl (C=O) groups is 2. The highest BCUT2D eigenvalue weighted by Gasteiger charge is 2.44. The van der Waals surface area contributed by atoms with Gasteiger partial charge in [-0.25, -0.2) is 0 Å². The summed E-state index contributed by atoms with van der Waals surface area (Å²) in [7, 11) is 0. The molecule has 1 saturated heterocycles. The molecular formula is C28H38N2O3. The molecule has 2 aromatic rings. The number of benzene rings is 2. The fraction of sp³-hybridized carbons (Fsp3) is 0.500. The van der Waals surface area contributed by atoms with E-state index in [1.807, 2.05) is 51.1 Å². The van der Waals surface area contributed by atoms with E-state index in [4.69, 9.17) is 0 Å². The second kappa shape index (κ2) is 10.1. The van der Waals surface area contributed by atoms with Crippen molar-refractivity contribution < 1.29 is 14.7 Å². The first-order valence-corrected chi connectivity index (χ1v) is 11.9. The van der Waals surface area contributed by atoms with Crippen molar-refractivity contribution in [3.63, 3.8) is 0 Å². The van der Waals surface area contributed by atoms with Gasteiger partial charge in [-0.05, 0) is 34.9 Å². The minimum Gasteiger partial charge on any atom is -0.391 e. The quantitative estimate of drug-likeness (QED) is 0.663. The van der Waals surface area contributed by atoms with Gasteiger partial charge in [-0.3, -0.25) is 9.59 Å². The molecule has 0 aromatic heterocycles. The minimum atomic E-state index is -0.682. The first-order valence-electron chi connectivity index (χ1n) is 11.9. The Bertz CT molecular complexity index is 947. The molecule has 4 atom stereocenters. The number of β-amino-alcohol motifs (C(OH)–C–C–N with tert-alkyl or cyclic N) is 1. The summed E-state index contributed by atoms with van der Waals surface area (Å²) in [6.07, 6.45) is -0.412. The highest BCUT2D eigenvalue weighted by atomic mass is 16.3. The van der Waals surface area contributed by atoms with Gasteiger partial charge in [-0.2, -0.15) is 0 Å². The predicted molar refractivity (Wildman–Crippen MR) is 132 cm³/mol. The van der Waals surface area contributed by atoms with E-state index < -0.39 is 12.1 Å². The monoisotopic (exact) mass is 450 g/mol. The van der Waals surface area contributed by atoms with Crippen LogP contribution in [0.2, 0.25) is 0 Å². The van der Waals surface area contributed by atoms with Gasteiger partial charge in [0.15, 0.2) is 0 Å². The number of hydrogen-bond acceptors (Lipinski definition) is 3. The molecule has 0 unspecified atom stereocenters. The third kappa shape index (κ3) is 5.83. The van der Waals surface area contributed by atoms with E-state index in [2.05, 4.69) is 50.4 Å². The summed E-state index contributed by atoms with van der Waals surface area (Å²) in [6.45, 7) is 12.4. The maximum Gasteiger partial charge on any atom is 0.243 e. The summed E-state index contributed by atoms with van der Waals surface area (Å²) in [4.78, 5) is 28.3. The largest absolute Gasteiger partial charge is 0.391 e. The molecule has 2 aromatic carbocycles. The molecular weight excluding hydrogens is 412 g/mol. The average Bonchev–Trinajstić information content (AvgIpc) is 3.15. The molecule has 2 N–H and O–H groups in total. The van der Waals surface area contributed by atoms with Crippen molar-refractivity contribution in [1.29, 1.82) is 0 Å². The first-order chi connectivity index (χ1) is 15.5. The Morgan fingerprint density at radius 2 is 1.55 bits per heavy atom. The molecule has 3 rings (SSSR count). The van der Waals surface area contributed by atoms with E-state index >= 15 is 0 Å². The molecule has 1 aliphatic rings. The van der Waals surface area contributed by atoms with Crippen molar-refractivity contribution in [1.82, 2.24) is 10.2 Å².